The van der Waals surface area contributed by atoms with Gasteiger partial charge in [0.1, 0.15) is 11.6 Å². The topological polar surface area (TPSA) is 65.2 Å². The molecule has 3 aromatic carbocycles. The van der Waals surface area contributed by atoms with Crippen LogP contribution >= 0.6 is 0 Å². The molecule has 0 atom stereocenters. The number of anilines is 2. The number of H-pyrrole nitrogens is 1. The van der Waals surface area contributed by atoms with Crippen LogP contribution in [0.25, 0.3) is 22.2 Å². The van der Waals surface area contributed by atoms with Gasteiger partial charge in [0.25, 0.3) is 0 Å². The van der Waals surface area contributed by atoms with Crippen molar-refractivity contribution in [2.75, 3.05) is 50.5 Å². The molecule has 1 saturated heterocycles. The summed E-state index contributed by atoms with van der Waals surface area (Å²) in [4.78, 5) is 10.8. The Bertz CT molecular complexity index is 1400. The van der Waals surface area contributed by atoms with Gasteiger partial charge in [0.15, 0.2) is 0 Å². The van der Waals surface area contributed by atoms with E-state index < -0.39 is 0 Å². The molecule has 0 amide bonds. The SMILES string of the molecule is COCCN1CCC(Nc2ccc3c(c2)C(=C(c2cccc(F)c2)c2nc4ccccc4[nH]2)CN3)CC1. The van der Waals surface area contributed by atoms with E-state index in [-0.39, 0.29) is 5.82 Å². The van der Waals surface area contributed by atoms with Crippen molar-refractivity contribution >= 4 is 33.6 Å². The lowest BCUT2D eigenvalue weighted by molar-refractivity contribution is 0.132. The molecule has 0 bridgehead atoms. The van der Waals surface area contributed by atoms with Crippen LogP contribution in [0.2, 0.25) is 0 Å². The molecule has 0 unspecified atom stereocenters. The lowest BCUT2D eigenvalue weighted by Crippen LogP contribution is -2.40. The first kappa shape index (κ1) is 23.7. The Hall–Kier alpha value is -3.68. The molecule has 1 fully saturated rings. The summed E-state index contributed by atoms with van der Waals surface area (Å²) < 4.78 is 19.6. The van der Waals surface area contributed by atoms with E-state index in [0.29, 0.717) is 12.6 Å². The van der Waals surface area contributed by atoms with Crippen LogP contribution in [0, 0.1) is 5.82 Å². The molecule has 190 valence electrons. The van der Waals surface area contributed by atoms with Gasteiger partial charge in [-0.15, -0.1) is 0 Å². The van der Waals surface area contributed by atoms with Gasteiger partial charge in [-0.25, -0.2) is 9.37 Å². The van der Waals surface area contributed by atoms with E-state index in [9.17, 15) is 4.39 Å². The fraction of sp³-hybridized carbons (Fsp3) is 0.300. The summed E-state index contributed by atoms with van der Waals surface area (Å²) in [5.74, 6) is 0.489. The molecular weight excluding hydrogens is 465 g/mol. The smallest absolute Gasteiger partial charge is 0.139 e. The maximum atomic E-state index is 14.4. The molecule has 6 rings (SSSR count). The lowest BCUT2D eigenvalue weighted by Gasteiger charge is -2.32. The highest BCUT2D eigenvalue weighted by atomic mass is 19.1. The number of rotatable bonds is 7. The van der Waals surface area contributed by atoms with Gasteiger partial charge in [0.05, 0.1) is 17.6 Å². The highest BCUT2D eigenvalue weighted by Gasteiger charge is 2.25. The van der Waals surface area contributed by atoms with Crippen LogP contribution in [0.5, 0.6) is 0 Å². The van der Waals surface area contributed by atoms with E-state index in [1.807, 2.05) is 30.3 Å². The molecule has 0 saturated carbocycles. The Labute approximate surface area is 216 Å². The van der Waals surface area contributed by atoms with Gasteiger partial charge in [0, 0.05) is 61.8 Å². The molecule has 0 spiro atoms. The molecule has 3 N–H and O–H groups in total. The minimum absolute atomic E-state index is 0.259. The first-order valence-corrected chi connectivity index (χ1v) is 13.0. The number of nitrogens with one attached hydrogen (secondary N) is 3. The van der Waals surface area contributed by atoms with Crippen molar-refractivity contribution in [1.82, 2.24) is 14.9 Å². The number of benzene rings is 3. The molecule has 0 aliphatic carbocycles. The molecule has 2 aliphatic rings. The molecule has 3 heterocycles. The number of piperidine rings is 1. The Morgan fingerprint density at radius 3 is 2.76 bits per heavy atom. The maximum absolute atomic E-state index is 14.4. The number of likely N-dealkylation sites (tertiary alicyclic amines) is 1. The lowest BCUT2D eigenvalue weighted by atomic mass is 9.94. The molecule has 2 aliphatic heterocycles. The number of hydrogen-bond donors (Lipinski definition) is 3. The normalized spacial score (nSPS) is 17.6. The molecule has 0 radical (unpaired) electrons. The van der Waals surface area contributed by atoms with Crippen molar-refractivity contribution in [2.45, 2.75) is 18.9 Å². The minimum atomic E-state index is -0.259. The second-order valence-corrected chi connectivity index (χ2v) is 9.83. The number of halogens is 1. The van der Waals surface area contributed by atoms with Crippen molar-refractivity contribution in [3.63, 3.8) is 0 Å². The quantitative estimate of drug-likeness (QED) is 0.310. The number of hydrogen-bond acceptors (Lipinski definition) is 5. The Kier molecular flexibility index (Phi) is 6.64. The van der Waals surface area contributed by atoms with Crippen LogP contribution in [-0.2, 0) is 4.74 Å². The highest BCUT2D eigenvalue weighted by Crippen LogP contribution is 2.40. The van der Waals surface area contributed by atoms with E-state index >= 15 is 0 Å². The first-order chi connectivity index (χ1) is 18.2. The van der Waals surface area contributed by atoms with Crippen LogP contribution in [0.3, 0.4) is 0 Å². The third-order valence-corrected chi connectivity index (χ3v) is 7.41. The number of aromatic amines is 1. The second-order valence-electron chi connectivity index (χ2n) is 9.83. The van der Waals surface area contributed by atoms with Gasteiger partial charge in [-0.3, -0.25) is 0 Å². The number of fused-ring (bicyclic) bond motifs is 2. The number of aromatic nitrogens is 2. The Morgan fingerprint density at radius 1 is 1.08 bits per heavy atom. The number of nitrogens with zero attached hydrogens (tertiary/aromatic N) is 2. The fourth-order valence-corrected chi connectivity index (χ4v) is 5.47. The molecule has 7 heteroatoms. The van der Waals surface area contributed by atoms with Crippen LogP contribution < -0.4 is 10.6 Å². The Morgan fingerprint density at radius 2 is 1.95 bits per heavy atom. The maximum Gasteiger partial charge on any atom is 0.139 e. The van der Waals surface area contributed by atoms with Crippen molar-refractivity contribution in [1.29, 1.82) is 0 Å². The number of imidazole rings is 1. The van der Waals surface area contributed by atoms with Gasteiger partial charge < -0.3 is 25.3 Å². The van der Waals surface area contributed by atoms with Crippen LogP contribution in [0.15, 0.2) is 66.7 Å². The van der Waals surface area contributed by atoms with Crippen LogP contribution in [0.4, 0.5) is 15.8 Å². The second kappa shape index (κ2) is 10.4. The molecular formula is C30H32FN5O. The van der Waals surface area contributed by atoms with Crippen molar-refractivity contribution in [2.24, 2.45) is 0 Å². The average molecular weight is 498 g/mol. The van der Waals surface area contributed by atoms with Crippen molar-refractivity contribution in [3.8, 4) is 0 Å². The average Bonchev–Trinajstić information content (AvgIpc) is 3.53. The summed E-state index contributed by atoms with van der Waals surface area (Å²) in [5, 5.41) is 7.30. The third-order valence-electron chi connectivity index (χ3n) is 7.41. The summed E-state index contributed by atoms with van der Waals surface area (Å²) in [6.07, 6.45) is 2.21. The van der Waals surface area contributed by atoms with Crippen molar-refractivity contribution in [3.05, 3.63) is 89.5 Å². The standard InChI is InChI=1S/C30H32FN5O/c1-37-16-15-36-13-11-22(12-14-36)33-23-9-10-26-24(18-23)25(19-32-26)29(20-5-4-6-21(31)17-20)30-34-27-7-2-3-8-28(27)35-30/h2-10,17-18,22,32-33H,11-16,19H2,1H3,(H,34,35). The summed E-state index contributed by atoms with van der Waals surface area (Å²) >= 11 is 0. The minimum Gasteiger partial charge on any atom is -0.383 e. The molecule has 37 heavy (non-hydrogen) atoms. The van der Waals surface area contributed by atoms with Gasteiger partial charge in [-0.2, -0.15) is 0 Å². The number of ether oxygens (including phenoxy) is 1. The number of para-hydroxylation sites is 2. The predicted octanol–water partition coefficient (Wildman–Crippen LogP) is 5.61. The Balaban J connectivity index is 1.34. The van der Waals surface area contributed by atoms with Gasteiger partial charge in [-0.1, -0.05) is 24.3 Å². The number of methoxy groups -OCH3 is 1. The summed E-state index contributed by atoms with van der Waals surface area (Å²) in [7, 11) is 1.76. The summed E-state index contributed by atoms with van der Waals surface area (Å²) in [6.45, 7) is 4.58. The largest absolute Gasteiger partial charge is 0.383 e. The van der Waals surface area contributed by atoms with E-state index in [2.05, 4.69) is 38.7 Å². The summed E-state index contributed by atoms with van der Waals surface area (Å²) in [5.41, 5.74) is 8.02. The van der Waals surface area contributed by atoms with E-state index in [0.717, 1.165) is 89.6 Å². The molecule has 1 aromatic heterocycles. The summed E-state index contributed by atoms with van der Waals surface area (Å²) in [6, 6.07) is 21.7. The zero-order valence-electron chi connectivity index (χ0n) is 21.1. The zero-order valence-corrected chi connectivity index (χ0v) is 21.1. The van der Waals surface area contributed by atoms with Gasteiger partial charge in [0.2, 0.25) is 0 Å². The van der Waals surface area contributed by atoms with Gasteiger partial charge in [-0.05, 0) is 66.4 Å². The van der Waals surface area contributed by atoms with E-state index in [4.69, 9.17) is 9.72 Å². The van der Waals surface area contributed by atoms with Crippen LogP contribution in [0.1, 0.15) is 29.8 Å². The van der Waals surface area contributed by atoms with E-state index in [1.165, 1.54) is 6.07 Å². The first-order valence-electron chi connectivity index (χ1n) is 13.0. The molecule has 4 aromatic rings. The van der Waals surface area contributed by atoms with Gasteiger partial charge >= 0.3 is 0 Å². The fourth-order valence-electron chi connectivity index (χ4n) is 5.47. The van der Waals surface area contributed by atoms with Crippen LogP contribution in [-0.4, -0.2) is 60.8 Å². The predicted molar refractivity (Wildman–Crippen MR) is 148 cm³/mol. The van der Waals surface area contributed by atoms with E-state index in [1.54, 1.807) is 19.2 Å². The van der Waals surface area contributed by atoms with Crippen molar-refractivity contribution < 1.29 is 9.13 Å². The zero-order chi connectivity index (χ0) is 25.2. The molecule has 6 nitrogen and oxygen atoms in total. The highest BCUT2D eigenvalue weighted by molar-refractivity contribution is 6.04. The monoisotopic (exact) mass is 497 g/mol. The third kappa shape index (κ3) is 4.97.